The van der Waals surface area contributed by atoms with Crippen LogP contribution in [0.2, 0.25) is 0 Å². The number of hydrogen-bond acceptors (Lipinski definition) is 4. The van der Waals surface area contributed by atoms with E-state index in [1.807, 2.05) is 18.7 Å². The summed E-state index contributed by atoms with van der Waals surface area (Å²) >= 11 is 0. The quantitative estimate of drug-likeness (QED) is 0.845. The van der Waals surface area contributed by atoms with Crippen molar-refractivity contribution < 1.29 is 19.1 Å². The molecule has 0 aliphatic carbocycles. The number of methoxy groups -OCH3 is 2. The Kier molecular flexibility index (Phi) is 6.89. The van der Waals surface area contributed by atoms with Crippen molar-refractivity contribution in [3.8, 4) is 11.5 Å². The zero-order valence-electron chi connectivity index (χ0n) is 16.4. The van der Waals surface area contributed by atoms with Crippen LogP contribution in [0.15, 0.2) is 18.2 Å². The van der Waals surface area contributed by atoms with E-state index in [0.717, 1.165) is 25.9 Å². The number of likely N-dealkylation sites (tertiary alicyclic amines) is 1. The van der Waals surface area contributed by atoms with Gasteiger partial charge in [0.1, 0.15) is 17.5 Å². The Labute approximate surface area is 155 Å². The van der Waals surface area contributed by atoms with Gasteiger partial charge in [0.2, 0.25) is 5.91 Å². The molecule has 1 aromatic carbocycles. The Balaban J connectivity index is 2.16. The number of ether oxygens (including phenoxy) is 2. The largest absolute Gasteiger partial charge is 0.497 e. The Morgan fingerprint density at radius 3 is 2.27 bits per heavy atom. The molecule has 0 spiro atoms. The molecular weight excluding hydrogens is 332 g/mol. The molecular formula is C20H30N2O4. The Morgan fingerprint density at radius 1 is 1.15 bits per heavy atom. The number of nitrogens with one attached hydrogen (secondary N) is 1. The first kappa shape index (κ1) is 20.1. The number of nitrogens with zero attached hydrogens (tertiary/aromatic N) is 1. The first-order valence-electron chi connectivity index (χ1n) is 9.18. The maximum Gasteiger partial charge on any atom is 0.252 e. The van der Waals surface area contributed by atoms with Crippen LogP contribution in [0.3, 0.4) is 0 Å². The Morgan fingerprint density at radius 2 is 1.77 bits per heavy atom. The molecule has 0 aromatic heterocycles. The normalized spacial score (nSPS) is 18.4. The van der Waals surface area contributed by atoms with Crippen LogP contribution in [0.25, 0.3) is 0 Å². The molecule has 1 fully saturated rings. The first-order valence-corrected chi connectivity index (χ1v) is 9.18. The topological polar surface area (TPSA) is 67.9 Å². The van der Waals surface area contributed by atoms with Crippen LogP contribution >= 0.6 is 0 Å². The van der Waals surface area contributed by atoms with Crippen LogP contribution in [0.4, 0.5) is 0 Å². The van der Waals surface area contributed by atoms with Gasteiger partial charge in [0, 0.05) is 24.7 Å². The van der Waals surface area contributed by atoms with E-state index in [2.05, 4.69) is 12.2 Å². The van der Waals surface area contributed by atoms with E-state index in [9.17, 15) is 9.59 Å². The predicted octanol–water partition coefficient (Wildman–Crippen LogP) is 2.72. The summed E-state index contributed by atoms with van der Waals surface area (Å²) in [5.41, 5.74) is 0.409. The lowest BCUT2D eigenvalue weighted by Crippen LogP contribution is -2.53. The number of amides is 2. The van der Waals surface area contributed by atoms with Crippen molar-refractivity contribution in [2.24, 2.45) is 11.8 Å². The minimum absolute atomic E-state index is 0.00353. The van der Waals surface area contributed by atoms with Gasteiger partial charge in [-0.05, 0) is 36.8 Å². The highest BCUT2D eigenvalue weighted by atomic mass is 16.5. The molecule has 144 valence electrons. The van der Waals surface area contributed by atoms with Crippen LogP contribution in [-0.2, 0) is 4.79 Å². The molecule has 26 heavy (non-hydrogen) atoms. The fraction of sp³-hybridized carbons (Fsp3) is 0.600. The second-order valence-electron chi connectivity index (χ2n) is 7.33. The monoisotopic (exact) mass is 362 g/mol. The van der Waals surface area contributed by atoms with E-state index < -0.39 is 6.04 Å². The zero-order chi connectivity index (χ0) is 19.3. The number of hydrogen-bond donors (Lipinski definition) is 1. The maximum atomic E-state index is 13.0. The molecule has 1 aliphatic heterocycles. The van der Waals surface area contributed by atoms with Gasteiger partial charge in [-0.25, -0.2) is 0 Å². The lowest BCUT2D eigenvalue weighted by molar-refractivity contribution is -0.136. The van der Waals surface area contributed by atoms with Gasteiger partial charge in [-0.15, -0.1) is 0 Å². The molecule has 2 unspecified atom stereocenters. The van der Waals surface area contributed by atoms with Gasteiger partial charge < -0.3 is 19.7 Å². The van der Waals surface area contributed by atoms with Crippen molar-refractivity contribution in [2.75, 3.05) is 27.3 Å². The van der Waals surface area contributed by atoms with Crippen LogP contribution in [0.1, 0.15) is 44.0 Å². The molecule has 1 aliphatic rings. The van der Waals surface area contributed by atoms with E-state index in [4.69, 9.17) is 9.47 Å². The third-order valence-electron chi connectivity index (χ3n) is 4.80. The fourth-order valence-electron chi connectivity index (χ4n) is 3.26. The first-order chi connectivity index (χ1) is 12.3. The summed E-state index contributed by atoms with van der Waals surface area (Å²) in [6.07, 6.45) is 2.16. The minimum atomic E-state index is -0.551. The summed E-state index contributed by atoms with van der Waals surface area (Å²) in [7, 11) is 3.07. The highest BCUT2D eigenvalue weighted by molar-refractivity contribution is 5.98. The molecule has 6 nitrogen and oxygen atoms in total. The van der Waals surface area contributed by atoms with E-state index in [1.54, 1.807) is 18.2 Å². The number of rotatable bonds is 6. The third-order valence-corrected chi connectivity index (χ3v) is 4.80. The highest BCUT2D eigenvalue weighted by Crippen LogP contribution is 2.23. The van der Waals surface area contributed by atoms with Gasteiger partial charge in [-0.3, -0.25) is 9.59 Å². The molecule has 1 N–H and O–H groups in total. The van der Waals surface area contributed by atoms with Crippen LogP contribution in [0.5, 0.6) is 11.5 Å². The van der Waals surface area contributed by atoms with Gasteiger partial charge in [0.15, 0.2) is 0 Å². The van der Waals surface area contributed by atoms with Gasteiger partial charge >= 0.3 is 0 Å². The summed E-state index contributed by atoms with van der Waals surface area (Å²) in [6.45, 7) is 7.57. The number of benzene rings is 1. The lowest BCUT2D eigenvalue weighted by atomic mass is 9.97. The minimum Gasteiger partial charge on any atom is -0.497 e. The van der Waals surface area contributed by atoms with Crippen molar-refractivity contribution in [2.45, 2.75) is 39.7 Å². The summed E-state index contributed by atoms with van der Waals surface area (Å²) in [5.74, 6) is 1.25. The van der Waals surface area contributed by atoms with E-state index in [-0.39, 0.29) is 17.7 Å². The Bertz CT molecular complexity index is 622. The molecule has 0 bridgehead atoms. The summed E-state index contributed by atoms with van der Waals surface area (Å²) in [5, 5.41) is 2.91. The molecule has 1 aromatic rings. The number of carbonyl (C=O) groups is 2. The van der Waals surface area contributed by atoms with Gasteiger partial charge in [-0.2, -0.15) is 0 Å². The third kappa shape index (κ3) is 4.90. The standard InChI is InChI=1S/C20H30N2O4/c1-13(2)18(20(24)22-8-6-7-14(3)12-22)21-19(23)15-9-16(25-4)11-17(10-15)26-5/h9-11,13-14,18H,6-8,12H2,1-5H3,(H,21,23). The van der Waals surface area contributed by atoms with E-state index in [0.29, 0.717) is 23.0 Å². The number of carbonyl (C=O) groups excluding carboxylic acids is 2. The van der Waals surface area contributed by atoms with Crippen LogP contribution in [0, 0.1) is 11.8 Å². The molecule has 2 amide bonds. The van der Waals surface area contributed by atoms with E-state index in [1.165, 1.54) is 14.2 Å². The molecule has 6 heteroatoms. The van der Waals surface area contributed by atoms with Crippen molar-refractivity contribution in [3.63, 3.8) is 0 Å². The summed E-state index contributed by atoms with van der Waals surface area (Å²) in [4.78, 5) is 27.6. The molecule has 1 saturated heterocycles. The molecule has 2 rings (SSSR count). The number of piperidine rings is 1. The zero-order valence-corrected chi connectivity index (χ0v) is 16.4. The smallest absolute Gasteiger partial charge is 0.252 e. The van der Waals surface area contributed by atoms with Crippen LogP contribution in [-0.4, -0.2) is 50.1 Å². The second kappa shape index (κ2) is 8.92. The predicted molar refractivity (Wildman–Crippen MR) is 101 cm³/mol. The maximum absolute atomic E-state index is 13.0. The van der Waals surface area contributed by atoms with Crippen molar-refractivity contribution >= 4 is 11.8 Å². The molecule has 0 radical (unpaired) electrons. The Hall–Kier alpha value is -2.24. The second-order valence-corrected chi connectivity index (χ2v) is 7.33. The van der Waals surface area contributed by atoms with Gasteiger partial charge in [0.05, 0.1) is 14.2 Å². The molecule has 2 atom stereocenters. The van der Waals surface area contributed by atoms with Crippen molar-refractivity contribution in [3.05, 3.63) is 23.8 Å². The van der Waals surface area contributed by atoms with Gasteiger partial charge in [0.25, 0.3) is 5.91 Å². The summed E-state index contributed by atoms with van der Waals surface area (Å²) < 4.78 is 10.4. The molecule has 0 saturated carbocycles. The average molecular weight is 362 g/mol. The van der Waals surface area contributed by atoms with Gasteiger partial charge in [-0.1, -0.05) is 20.8 Å². The lowest BCUT2D eigenvalue weighted by Gasteiger charge is -2.35. The molecule has 1 heterocycles. The SMILES string of the molecule is COc1cc(OC)cc(C(=O)NC(C(=O)N2CCCC(C)C2)C(C)C)c1. The fourth-order valence-corrected chi connectivity index (χ4v) is 3.26. The van der Waals surface area contributed by atoms with Crippen molar-refractivity contribution in [1.82, 2.24) is 10.2 Å². The highest BCUT2D eigenvalue weighted by Gasteiger charge is 2.31. The van der Waals surface area contributed by atoms with Crippen molar-refractivity contribution in [1.29, 1.82) is 0 Å². The van der Waals surface area contributed by atoms with Crippen LogP contribution < -0.4 is 14.8 Å². The van der Waals surface area contributed by atoms with E-state index >= 15 is 0 Å². The average Bonchev–Trinajstić information content (AvgIpc) is 2.64. The summed E-state index contributed by atoms with van der Waals surface area (Å²) in [6, 6.07) is 4.44.